The van der Waals surface area contributed by atoms with E-state index in [-0.39, 0.29) is 12.9 Å². The minimum absolute atomic E-state index is 0.0727. The summed E-state index contributed by atoms with van der Waals surface area (Å²) >= 11 is 6.14. The highest BCUT2D eigenvalue weighted by Crippen LogP contribution is 2.50. The van der Waals surface area contributed by atoms with E-state index in [0.717, 1.165) is 41.2 Å². The minimum atomic E-state index is -0.0727. The number of aromatic nitrogens is 1. The van der Waals surface area contributed by atoms with E-state index in [0.29, 0.717) is 36.0 Å². The van der Waals surface area contributed by atoms with Gasteiger partial charge in [0.05, 0.1) is 19.9 Å². The van der Waals surface area contributed by atoms with Gasteiger partial charge in [0.25, 0.3) is 0 Å². The highest BCUT2D eigenvalue weighted by molar-refractivity contribution is 6.31. The van der Waals surface area contributed by atoms with E-state index in [1.165, 1.54) is 10.9 Å². The summed E-state index contributed by atoms with van der Waals surface area (Å²) in [6.45, 7) is 1.66. The summed E-state index contributed by atoms with van der Waals surface area (Å²) < 4.78 is 22.2. The molecular weight excluding hydrogens is 446 g/mol. The number of hydrogen-bond donors (Lipinski definition) is 2. The first-order valence-corrected chi connectivity index (χ1v) is 11.2. The topological polar surface area (TPSA) is 86.3 Å². The number of methoxy groups -OCH3 is 2. The maximum atomic E-state index is 6.14. The van der Waals surface area contributed by atoms with Crippen LogP contribution in [0.15, 0.2) is 35.6 Å². The number of ether oxygens (including phenoxy) is 4. The second-order valence-corrected chi connectivity index (χ2v) is 8.50. The number of halogens is 1. The van der Waals surface area contributed by atoms with Crippen molar-refractivity contribution in [1.82, 2.24) is 10.3 Å². The predicted octanol–water partition coefficient (Wildman–Crippen LogP) is 4.09. The summed E-state index contributed by atoms with van der Waals surface area (Å²) in [5.74, 6) is 2.42. The van der Waals surface area contributed by atoms with Gasteiger partial charge in [-0.25, -0.2) is 0 Å². The molecule has 5 rings (SSSR count). The lowest BCUT2D eigenvalue weighted by Crippen LogP contribution is -2.25. The minimum Gasteiger partial charge on any atom is -0.493 e. The summed E-state index contributed by atoms with van der Waals surface area (Å²) in [6, 6.07) is 7.82. The number of fused-ring (bicyclic) bond motifs is 2. The van der Waals surface area contributed by atoms with Crippen LogP contribution >= 0.6 is 11.6 Å². The number of H-pyrrole nitrogens is 1. The summed E-state index contributed by atoms with van der Waals surface area (Å²) in [7, 11) is 3.23. The third-order valence-corrected chi connectivity index (χ3v) is 6.17. The highest BCUT2D eigenvalue weighted by atomic mass is 35.5. The van der Waals surface area contributed by atoms with Crippen LogP contribution in [0.1, 0.15) is 17.5 Å². The fourth-order valence-corrected chi connectivity index (χ4v) is 4.52. The lowest BCUT2D eigenvalue weighted by atomic mass is 10.0. The van der Waals surface area contributed by atoms with Gasteiger partial charge in [-0.2, -0.15) is 0 Å². The number of rotatable bonds is 9. The molecule has 8 nitrogen and oxygen atoms in total. The Labute approximate surface area is 196 Å². The monoisotopic (exact) mass is 471 g/mol. The van der Waals surface area contributed by atoms with Crippen molar-refractivity contribution in [2.75, 3.05) is 34.1 Å². The summed E-state index contributed by atoms with van der Waals surface area (Å²) in [4.78, 5) is 8.99. The zero-order valence-corrected chi connectivity index (χ0v) is 19.3. The van der Waals surface area contributed by atoms with E-state index < -0.39 is 0 Å². The average Bonchev–Trinajstić information content (AvgIpc) is 3.56. The van der Waals surface area contributed by atoms with Crippen LogP contribution in [0, 0.1) is 0 Å². The number of aromatic amines is 1. The van der Waals surface area contributed by atoms with Gasteiger partial charge in [0.2, 0.25) is 18.3 Å². The fraction of sp³-hybridized carbons (Fsp3) is 0.375. The Morgan fingerprint density at radius 1 is 1.15 bits per heavy atom. The molecule has 2 aromatic carbocycles. The van der Waals surface area contributed by atoms with E-state index in [1.54, 1.807) is 14.2 Å². The number of nitrogens with one attached hydrogen (secondary N) is 2. The second kappa shape index (κ2) is 9.41. The molecule has 0 spiro atoms. The van der Waals surface area contributed by atoms with Gasteiger partial charge in [-0.15, -0.1) is 0 Å². The fourth-order valence-electron chi connectivity index (χ4n) is 4.35. The van der Waals surface area contributed by atoms with Crippen molar-refractivity contribution >= 4 is 28.2 Å². The van der Waals surface area contributed by atoms with E-state index >= 15 is 0 Å². The van der Waals surface area contributed by atoms with Crippen molar-refractivity contribution < 1.29 is 23.8 Å². The first-order valence-electron chi connectivity index (χ1n) is 10.9. The molecule has 2 N–H and O–H groups in total. The molecule has 0 saturated heterocycles. The normalized spacial score (nSPS) is 16.7. The molecule has 0 saturated carbocycles. The molecule has 0 amide bonds. The van der Waals surface area contributed by atoms with Gasteiger partial charge in [-0.3, -0.25) is 0 Å². The summed E-state index contributed by atoms with van der Waals surface area (Å²) in [5, 5.41) is 9.66. The smallest absolute Gasteiger partial charge is 0.231 e. The quantitative estimate of drug-likeness (QED) is 0.457. The van der Waals surface area contributed by atoms with Gasteiger partial charge in [-0.1, -0.05) is 16.8 Å². The molecule has 174 valence electrons. The number of oxime groups is 1. The molecular formula is C24H26ClN3O5. The zero-order chi connectivity index (χ0) is 22.8. The maximum absolute atomic E-state index is 6.14. The van der Waals surface area contributed by atoms with Crippen LogP contribution < -0.4 is 24.3 Å². The Hall–Kier alpha value is -3.10. The zero-order valence-electron chi connectivity index (χ0n) is 18.6. The molecule has 3 aromatic rings. The van der Waals surface area contributed by atoms with Crippen molar-refractivity contribution in [3.05, 3.63) is 46.6 Å². The van der Waals surface area contributed by atoms with Crippen LogP contribution in [0.25, 0.3) is 10.9 Å². The summed E-state index contributed by atoms with van der Waals surface area (Å²) in [6.07, 6.45) is 4.24. The van der Waals surface area contributed by atoms with Crippen molar-refractivity contribution in [3.8, 4) is 23.0 Å². The highest BCUT2D eigenvalue weighted by Gasteiger charge is 2.30. The maximum Gasteiger partial charge on any atom is 0.231 e. The number of hydrogen-bond acceptors (Lipinski definition) is 7. The van der Waals surface area contributed by atoms with Crippen LogP contribution in [0.4, 0.5) is 0 Å². The van der Waals surface area contributed by atoms with Crippen molar-refractivity contribution in [2.24, 2.45) is 5.16 Å². The third-order valence-electron chi connectivity index (χ3n) is 5.94. The lowest BCUT2D eigenvalue weighted by molar-refractivity contribution is 0.0853. The van der Waals surface area contributed by atoms with E-state index in [4.69, 9.17) is 35.4 Å². The van der Waals surface area contributed by atoms with Gasteiger partial charge in [0.1, 0.15) is 6.10 Å². The molecule has 9 heteroatoms. The Morgan fingerprint density at radius 3 is 2.88 bits per heavy atom. The first-order chi connectivity index (χ1) is 16.2. The molecule has 0 aliphatic carbocycles. The molecule has 3 heterocycles. The van der Waals surface area contributed by atoms with Crippen LogP contribution in [-0.4, -0.2) is 50.9 Å². The molecule has 1 atom stereocenters. The van der Waals surface area contributed by atoms with Gasteiger partial charge in [0, 0.05) is 47.1 Å². The van der Waals surface area contributed by atoms with E-state index in [9.17, 15) is 0 Å². The molecule has 0 bridgehead atoms. The molecule has 1 aromatic heterocycles. The van der Waals surface area contributed by atoms with Crippen molar-refractivity contribution in [2.45, 2.75) is 25.4 Å². The van der Waals surface area contributed by atoms with Gasteiger partial charge in [0.15, 0.2) is 11.5 Å². The van der Waals surface area contributed by atoms with Crippen molar-refractivity contribution in [3.63, 3.8) is 0 Å². The van der Waals surface area contributed by atoms with Crippen LogP contribution in [0.3, 0.4) is 0 Å². The van der Waals surface area contributed by atoms with Crippen LogP contribution in [-0.2, 0) is 17.7 Å². The first kappa shape index (κ1) is 21.7. The molecule has 0 fully saturated rings. The Kier molecular flexibility index (Phi) is 6.20. The Morgan fingerprint density at radius 2 is 2.03 bits per heavy atom. The molecule has 0 radical (unpaired) electrons. The SMILES string of the molecule is COc1cc(C[C@H]2CC(CNCCc3c[nH]c4ccc(Cl)cc34)=NO2)c(OC)c2c1OCO2. The van der Waals surface area contributed by atoms with E-state index in [1.807, 2.05) is 30.5 Å². The third kappa shape index (κ3) is 4.41. The summed E-state index contributed by atoms with van der Waals surface area (Å²) in [5.41, 5.74) is 4.27. The number of benzene rings is 2. The standard InChI is InChI=1S/C24H26ClN3O5/c1-29-21-8-15(22(30-2)24-23(21)31-13-32-24)7-18-10-17(28-33-18)12-26-6-5-14-11-27-20-4-3-16(25)9-19(14)20/h3-4,8-9,11,18,26-27H,5-7,10,12-13H2,1-2H3/t18-/m0/s1. The van der Waals surface area contributed by atoms with Gasteiger partial charge < -0.3 is 34.1 Å². The molecule has 0 unspecified atom stereocenters. The molecule has 33 heavy (non-hydrogen) atoms. The van der Waals surface area contributed by atoms with Crippen LogP contribution in [0.5, 0.6) is 23.0 Å². The molecule has 2 aliphatic rings. The van der Waals surface area contributed by atoms with Gasteiger partial charge >= 0.3 is 0 Å². The second-order valence-electron chi connectivity index (χ2n) is 8.06. The molecule has 2 aliphatic heterocycles. The predicted molar refractivity (Wildman–Crippen MR) is 126 cm³/mol. The number of nitrogens with zero attached hydrogens (tertiary/aromatic N) is 1. The lowest BCUT2D eigenvalue weighted by Gasteiger charge is -2.15. The Bertz CT molecular complexity index is 1190. The largest absolute Gasteiger partial charge is 0.493 e. The average molecular weight is 472 g/mol. The Balaban J connectivity index is 1.14. The van der Waals surface area contributed by atoms with Crippen molar-refractivity contribution in [1.29, 1.82) is 0 Å². The van der Waals surface area contributed by atoms with Gasteiger partial charge in [-0.05, 0) is 42.8 Å². The van der Waals surface area contributed by atoms with E-state index in [2.05, 4.69) is 15.5 Å². The van der Waals surface area contributed by atoms with Crippen LogP contribution in [0.2, 0.25) is 5.02 Å².